The smallest absolute Gasteiger partial charge is 0.406 e. The molecule has 0 fully saturated rings. The summed E-state index contributed by atoms with van der Waals surface area (Å²) in [5, 5.41) is 13.2. The average molecular weight is 394 g/mol. The Balaban J connectivity index is 1.59. The van der Waals surface area contributed by atoms with E-state index in [2.05, 4.69) is 36.0 Å². The molecule has 0 aliphatic rings. The standard InChI is InChI=1S/C20H22N6O3/c1-13-11-17(21-9-10-22-20(28)29-2)25-18(23-13)26-19(27)24-16-8-7-14-5-3-4-6-15(14)12-16/h3-8,11-12H,9-10H2,1-2H3,(H,22,28)(H3,21,23,24,25,26,27). The molecule has 1 aromatic heterocycles. The van der Waals surface area contributed by atoms with Gasteiger partial charge in [0.25, 0.3) is 0 Å². The fraction of sp³-hybridized carbons (Fsp3) is 0.200. The summed E-state index contributed by atoms with van der Waals surface area (Å²) in [5.41, 5.74) is 1.35. The number of nitrogens with one attached hydrogen (secondary N) is 4. The Morgan fingerprint density at radius 2 is 1.76 bits per heavy atom. The molecule has 3 aromatic rings. The molecule has 1 heterocycles. The van der Waals surface area contributed by atoms with Gasteiger partial charge in [-0.25, -0.2) is 14.6 Å². The summed E-state index contributed by atoms with van der Waals surface area (Å²) in [7, 11) is 1.30. The fourth-order valence-electron chi connectivity index (χ4n) is 2.67. The number of carbonyl (C=O) groups is 2. The van der Waals surface area contributed by atoms with Crippen molar-refractivity contribution in [1.82, 2.24) is 15.3 Å². The lowest BCUT2D eigenvalue weighted by Gasteiger charge is -2.11. The number of methoxy groups -OCH3 is 1. The van der Waals surface area contributed by atoms with Crippen molar-refractivity contribution in [2.45, 2.75) is 6.92 Å². The van der Waals surface area contributed by atoms with E-state index in [9.17, 15) is 9.59 Å². The summed E-state index contributed by atoms with van der Waals surface area (Å²) >= 11 is 0. The number of fused-ring (bicyclic) bond motifs is 1. The van der Waals surface area contributed by atoms with Gasteiger partial charge in [-0.05, 0) is 29.8 Å². The number of urea groups is 1. The van der Waals surface area contributed by atoms with Crippen molar-refractivity contribution >= 4 is 40.4 Å². The minimum absolute atomic E-state index is 0.173. The van der Waals surface area contributed by atoms with Crippen LogP contribution in [0.25, 0.3) is 10.8 Å². The van der Waals surface area contributed by atoms with Crippen molar-refractivity contribution < 1.29 is 14.3 Å². The van der Waals surface area contributed by atoms with Crippen LogP contribution in [-0.4, -0.2) is 42.3 Å². The summed E-state index contributed by atoms with van der Waals surface area (Å²) in [6, 6.07) is 14.9. The van der Waals surface area contributed by atoms with Crippen LogP contribution in [0.4, 0.5) is 27.0 Å². The van der Waals surface area contributed by atoms with Crippen LogP contribution in [0.15, 0.2) is 48.5 Å². The van der Waals surface area contributed by atoms with Crippen molar-refractivity contribution in [3.8, 4) is 0 Å². The predicted octanol–water partition coefficient (Wildman–Crippen LogP) is 3.35. The van der Waals surface area contributed by atoms with Crippen LogP contribution < -0.4 is 21.3 Å². The third-order valence-electron chi connectivity index (χ3n) is 3.97. The highest BCUT2D eigenvalue weighted by molar-refractivity contribution is 6.00. The molecular formula is C20H22N6O3. The first kappa shape index (κ1) is 19.9. The van der Waals surface area contributed by atoms with Gasteiger partial charge >= 0.3 is 12.1 Å². The van der Waals surface area contributed by atoms with E-state index in [0.29, 0.717) is 30.3 Å². The van der Waals surface area contributed by atoms with Gasteiger partial charge in [-0.1, -0.05) is 30.3 Å². The molecule has 0 saturated carbocycles. The summed E-state index contributed by atoms with van der Waals surface area (Å²) in [5.74, 6) is 0.705. The summed E-state index contributed by atoms with van der Waals surface area (Å²) < 4.78 is 4.50. The Morgan fingerprint density at radius 1 is 0.966 bits per heavy atom. The third-order valence-corrected chi connectivity index (χ3v) is 3.97. The van der Waals surface area contributed by atoms with E-state index >= 15 is 0 Å². The van der Waals surface area contributed by atoms with Gasteiger partial charge < -0.3 is 20.7 Å². The number of benzene rings is 2. The monoisotopic (exact) mass is 394 g/mol. The number of rotatable bonds is 6. The topological polar surface area (TPSA) is 117 Å². The Morgan fingerprint density at radius 3 is 2.55 bits per heavy atom. The number of anilines is 3. The first-order chi connectivity index (χ1) is 14.0. The number of amides is 3. The Hall–Kier alpha value is -3.88. The zero-order chi connectivity index (χ0) is 20.6. The second kappa shape index (κ2) is 9.36. The van der Waals surface area contributed by atoms with Crippen LogP contribution >= 0.6 is 0 Å². The number of aromatic nitrogens is 2. The molecular weight excluding hydrogens is 372 g/mol. The largest absolute Gasteiger partial charge is 0.453 e. The van der Waals surface area contributed by atoms with E-state index in [4.69, 9.17) is 0 Å². The van der Waals surface area contributed by atoms with Crippen LogP contribution in [0.1, 0.15) is 5.69 Å². The average Bonchev–Trinajstić information content (AvgIpc) is 2.70. The summed E-state index contributed by atoms with van der Waals surface area (Å²) in [6.07, 6.45) is -0.501. The molecule has 0 unspecified atom stereocenters. The van der Waals surface area contributed by atoms with Gasteiger partial charge in [0, 0.05) is 30.5 Å². The van der Waals surface area contributed by atoms with E-state index in [-0.39, 0.29) is 5.95 Å². The fourth-order valence-corrected chi connectivity index (χ4v) is 2.67. The molecule has 0 radical (unpaired) electrons. The maximum absolute atomic E-state index is 12.3. The number of hydrogen-bond acceptors (Lipinski definition) is 6. The lowest BCUT2D eigenvalue weighted by molar-refractivity contribution is 0.171. The predicted molar refractivity (Wildman–Crippen MR) is 112 cm³/mol. The number of carbonyl (C=O) groups excluding carboxylic acids is 2. The molecule has 29 heavy (non-hydrogen) atoms. The third kappa shape index (κ3) is 5.80. The Bertz CT molecular complexity index is 1020. The molecule has 150 valence electrons. The molecule has 0 bridgehead atoms. The van der Waals surface area contributed by atoms with Crippen LogP contribution in [0.3, 0.4) is 0 Å². The molecule has 2 aromatic carbocycles. The maximum Gasteiger partial charge on any atom is 0.406 e. The first-order valence-electron chi connectivity index (χ1n) is 9.01. The van der Waals surface area contributed by atoms with Crippen LogP contribution in [-0.2, 0) is 4.74 Å². The minimum atomic E-state index is -0.501. The van der Waals surface area contributed by atoms with E-state index in [1.54, 1.807) is 13.0 Å². The zero-order valence-electron chi connectivity index (χ0n) is 16.2. The summed E-state index contributed by atoms with van der Waals surface area (Å²) in [6.45, 7) is 2.60. The SMILES string of the molecule is COC(=O)NCCNc1cc(C)nc(NC(=O)Nc2ccc3ccccc3c2)n1. The molecule has 3 rings (SSSR count). The highest BCUT2D eigenvalue weighted by Crippen LogP contribution is 2.19. The molecule has 4 N–H and O–H groups in total. The normalized spacial score (nSPS) is 10.3. The van der Waals surface area contributed by atoms with Crippen molar-refractivity contribution in [1.29, 1.82) is 0 Å². The van der Waals surface area contributed by atoms with Gasteiger partial charge in [-0.15, -0.1) is 0 Å². The lowest BCUT2D eigenvalue weighted by Crippen LogP contribution is -2.28. The van der Waals surface area contributed by atoms with Crippen LogP contribution in [0, 0.1) is 6.92 Å². The number of ether oxygens (including phenoxy) is 1. The van der Waals surface area contributed by atoms with E-state index in [1.165, 1.54) is 7.11 Å². The molecule has 9 heteroatoms. The van der Waals surface area contributed by atoms with E-state index in [0.717, 1.165) is 10.8 Å². The molecule has 0 spiro atoms. The molecule has 0 atom stereocenters. The molecule has 9 nitrogen and oxygen atoms in total. The van der Waals surface area contributed by atoms with Crippen molar-refractivity contribution in [3.05, 3.63) is 54.2 Å². The number of hydrogen-bond donors (Lipinski definition) is 4. The Labute approximate surface area is 167 Å². The number of aryl methyl sites for hydroxylation is 1. The van der Waals surface area contributed by atoms with E-state index < -0.39 is 12.1 Å². The van der Waals surface area contributed by atoms with Crippen molar-refractivity contribution in [2.75, 3.05) is 36.1 Å². The van der Waals surface area contributed by atoms with Gasteiger partial charge in [-0.3, -0.25) is 5.32 Å². The van der Waals surface area contributed by atoms with Crippen molar-refractivity contribution in [2.24, 2.45) is 0 Å². The summed E-state index contributed by atoms with van der Waals surface area (Å²) in [4.78, 5) is 31.8. The number of nitrogens with zero attached hydrogens (tertiary/aromatic N) is 2. The highest BCUT2D eigenvalue weighted by atomic mass is 16.5. The van der Waals surface area contributed by atoms with Gasteiger partial charge in [0.05, 0.1) is 7.11 Å². The number of alkyl carbamates (subject to hydrolysis) is 1. The molecule has 0 saturated heterocycles. The quantitative estimate of drug-likeness (QED) is 0.476. The lowest BCUT2D eigenvalue weighted by atomic mass is 10.1. The van der Waals surface area contributed by atoms with Crippen LogP contribution in [0.2, 0.25) is 0 Å². The molecule has 0 aliphatic carbocycles. The highest BCUT2D eigenvalue weighted by Gasteiger charge is 2.08. The van der Waals surface area contributed by atoms with Gasteiger partial charge in [0.2, 0.25) is 5.95 Å². The second-order valence-corrected chi connectivity index (χ2v) is 6.20. The minimum Gasteiger partial charge on any atom is -0.453 e. The van der Waals surface area contributed by atoms with Crippen molar-refractivity contribution in [3.63, 3.8) is 0 Å². The van der Waals surface area contributed by atoms with Gasteiger partial charge in [0.1, 0.15) is 5.82 Å². The van der Waals surface area contributed by atoms with Gasteiger partial charge in [-0.2, -0.15) is 4.98 Å². The molecule has 3 amide bonds. The zero-order valence-corrected chi connectivity index (χ0v) is 16.2. The molecule has 0 aliphatic heterocycles. The van der Waals surface area contributed by atoms with Crippen LogP contribution in [0.5, 0.6) is 0 Å². The maximum atomic E-state index is 12.3. The second-order valence-electron chi connectivity index (χ2n) is 6.20. The Kier molecular flexibility index (Phi) is 6.41. The van der Waals surface area contributed by atoms with E-state index in [1.807, 2.05) is 42.5 Å². The first-order valence-corrected chi connectivity index (χ1v) is 9.01. The van der Waals surface area contributed by atoms with Gasteiger partial charge in [0.15, 0.2) is 0 Å².